The van der Waals surface area contributed by atoms with Gasteiger partial charge in [0.2, 0.25) is 5.91 Å². The van der Waals surface area contributed by atoms with Gasteiger partial charge in [0.05, 0.1) is 6.04 Å². The summed E-state index contributed by atoms with van der Waals surface area (Å²) < 4.78 is 0.907. The van der Waals surface area contributed by atoms with Crippen LogP contribution in [0.25, 0.3) is 0 Å². The Balaban J connectivity index is 2.35. The van der Waals surface area contributed by atoms with Crippen LogP contribution in [0.1, 0.15) is 0 Å². The minimum Gasteiger partial charge on any atom is -0.349 e. The van der Waals surface area contributed by atoms with Crippen LogP contribution in [0.5, 0.6) is 0 Å². The molecule has 0 radical (unpaired) electrons. The molecule has 4 heteroatoms. The molecule has 1 aliphatic heterocycles. The van der Waals surface area contributed by atoms with Crippen LogP contribution in [0, 0.1) is 0 Å². The lowest BCUT2D eigenvalue weighted by molar-refractivity contribution is -0.129. The van der Waals surface area contributed by atoms with E-state index in [1.54, 1.807) is 0 Å². The summed E-state index contributed by atoms with van der Waals surface area (Å²) in [5.41, 5.74) is 5.36. The van der Waals surface area contributed by atoms with Gasteiger partial charge >= 0.3 is 0 Å². The van der Waals surface area contributed by atoms with E-state index in [9.17, 15) is 4.79 Å². The molecule has 0 saturated carbocycles. The Bertz CT molecular complexity index is 117. The van der Waals surface area contributed by atoms with Crippen LogP contribution in [0.15, 0.2) is 0 Å². The highest BCUT2D eigenvalue weighted by molar-refractivity contribution is 14.1. The number of alkyl halides is 1. The Morgan fingerprint density at radius 2 is 2.50 bits per heavy atom. The van der Waals surface area contributed by atoms with E-state index in [1.807, 2.05) is 0 Å². The molecular weight excluding hydrogens is 219 g/mol. The molecule has 0 aromatic rings. The number of hydrogen-bond acceptors (Lipinski definition) is 2. The fourth-order valence-electron chi connectivity index (χ4n) is 0.590. The Kier molecular flexibility index (Phi) is 1.71. The second-order valence-corrected chi connectivity index (χ2v) is 2.68. The summed E-state index contributed by atoms with van der Waals surface area (Å²) in [6, 6.07) is -0.0185. The summed E-state index contributed by atoms with van der Waals surface area (Å²) in [6.07, 6.45) is 0. The highest BCUT2D eigenvalue weighted by atomic mass is 127. The van der Waals surface area contributed by atoms with Gasteiger partial charge in [-0.1, -0.05) is 22.6 Å². The number of carbonyl (C=O) groups is 1. The SMILES string of the molecule is N[C@H]1C(=O)N[C@H]1CI. The van der Waals surface area contributed by atoms with Crippen LogP contribution in [-0.4, -0.2) is 22.4 Å². The third kappa shape index (κ3) is 0.818. The summed E-state index contributed by atoms with van der Waals surface area (Å²) in [5.74, 6) is -0.0216. The number of β-lactam (4-membered cyclic amide) rings is 1. The second kappa shape index (κ2) is 2.18. The highest BCUT2D eigenvalue weighted by Gasteiger charge is 2.34. The first-order valence-corrected chi connectivity index (χ1v) is 3.90. The van der Waals surface area contributed by atoms with E-state index in [0.29, 0.717) is 0 Å². The number of carbonyl (C=O) groups excluding carboxylic acids is 1. The van der Waals surface area contributed by atoms with Crippen molar-refractivity contribution in [2.24, 2.45) is 5.73 Å². The van der Waals surface area contributed by atoms with Crippen molar-refractivity contribution in [3.05, 3.63) is 0 Å². The number of nitrogens with one attached hydrogen (secondary N) is 1. The molecule has 1 rings (SSSR count). The van der Waals surface area contributed by atoms with Crippen molar-refractivity contribution < 1.29 is 4.79 Å². The summed E-state index contributed by atoms with van der Waals surface area (Å²) in [6.45, 7) is 0. The molecule has 46 valence electrons. The summed E-state index contributed by atoms with van der Waals surface area (Å²) in [4.78, 5) is 10.4. The van der Waals surface area contributed by atoms with Gasteiger partial charge in [0, 0.05) is 4.43 Å². The van der Waals surface area contributed by atoms with E-state index in [4.69, 9.17) is 5.73 Å². The fourth-order valence-corrected chi connectivity index (χ4v) is 1.36. The molecule has 3 nitrogen and oxygen atoms in total. The van der Waals surface area contributed by atoms with Gasteiger partial charge in [0.25, 0.3) is 0 Å². The molecule has 1 heterocycles. The number of rotatable bonds is 1. The van der Waals surface area contributed by atoms with Gasteiger partial charge in [-0.05, 0) is 0 Å². The summed E-state index contributed by atoms with van der Waals surface area (Å²) in [7, 11) is 0. The van der Waals surface area contributed by atoms with Crippen molar-refractivity contribution in [3.8, 4) is 0 Å². The predicted octanol–water partition coefficient (Wildman–Crippen LogP) is -0.753. The Labute approximate surface area is 61.1 Å². The van der Waals surface area contributed by atoms with Crippen molar-refractivity contribution in [2.45, 2.75) is 12.1 Å². The molecule has 3 N–H and O–H groups in total. The number of nitrogens with two attached hydrogens (primary N) is 1. The van der Waals surface area contributed by atoms with E-state index in [0.717, 1.165) is 4.43 Å². The number of halogens is 1. The zero-order valence-electron chi connectivity index (χ0n) is 4.23. The van der Waals surface area contributed by atoms with Crippen LogP contribution in [-0.2, 0) is 4.79 Å². The first-order valence-electron chi connectivity index (χ1n) is 2.37. The highest BCUT2D eigenvalue weighted by Crippen LogP contribution is 2.05. The first-order chi connectivity index (χ1) is 3.75. The average Bonchev–Trinajstić information content (AvgIpc) is 1.81. The smallest absolute Gasteiger partial charge is 0.239 e. The van der Waals surface area contributed by atoms with Crippen molar-refractivity contribution in [3.63, 3.8) is 0 Å². The van der Waals surface area contributed by atoms with Crippen molar-refractivity contribution in [1.82, 2.24) is 5.32 Å². The Morgan fingerprint density at radius 3 is 2.62 bits per heavy atom. The van der Waals surface area contributed by atoms with Gasteiger partial charge in [0.1, 0.15) is 6.04 Å². The normalized spacial score (nSPS) is 36.0. The monoisotopic (exact) mass is 226 g/mol. The molecule has 2 atom stereocenters. The van der Waals surface area contributed by atoms with Crippen LogP contribution < -0.4 is 11.1 Å². The molecule has 0 aliphatic carbocycles. The van der Waals surface area contributed by atoms with Crippen LogP contribution in [0.3, 0.4) is 0 Å². The zero-order chi connectivity index (χ0) is 6.15. The standard InChI is InChI=1S/C4H7IN2O/c5-1-2-3(6)4(8)7-2/h2-3H,1,6H2,(H,7,8)/t2-,3+/m0/s1. The molecule has 0 unspecified atom stereocenters. The minimum absolute atomic E-state index is 0.0216. The summed E-state index contributed by atoms with van der Waals surface area (Å²) in [5, 5.41) is 2.67. The predicted molar refractivity (Wildman–Crippen MR) is 38.8 cm³/mol. The van der Waals surface area contributed by atoms with Gasteiger partial charge in [0.15, 0.2) is 0 Å². The molecule has 0 spiro atoms. The lowest BCUT2D eigenvalue weighted by Gasteiger charge is -2.32. The first kappa shape index (κ1) is 6.28. The third-order valence-corrected chi connectivity index (χ3v) is 2.18. The molecule has 1 fully saturated rings. The third-order valence-electron chi connectivity index (χ3n) is 1.23. The van der Waals surface area contributed by atoms with Crippen molar-refractivity contribution >= 4 is 28.5 Å². The number of hydrogen-bond donors (Lipinski definition) is 2. The largest absolute Gasteiger partial charge is 0.349 e. The Hall–Kier alpha value is 0.160. The molecule has 1 amide bonds. The van der Waals surface area contributed by atoms with E-state index >= 15 is 0 Å². The van der Waals surface area contributed by atoms with E-state index in [-0.39, 0.29) is 18.0 Å². The molecule has 8 heavy (non-hydrogen) atoms. The van der Waals surface area contributed by atoms with E-state index < -0.39 is 0 Å². The zero-order valence-corrected chi connectivity index (χ0v) is 6.38. The van der Waals surface area contributed by atoms with Gasteiger partial charge in [-0.2, -0.15) is 0 Å². The quantitative estimate of drug-likeness (QED) is 0.351. The molecule has 1 saturated heterocycles. The lowest BCUT2D eigenvalue weighted by Crippen LogP contribution is -2.67. The maximum Gasteiger partial charge on any atom is 0.239 e. The van der Waals surface area contributed by atoms with Crippen molar-refractivity contribution in [1.29, 1.82) is 0 Å². The van der Waals surface area contributed by atoms with Gasteiger partial charge < -0.3 is 11.1 Å². The van der Waals surface area contributed by atoms with Crippen LogP contribution in [0.4, 0.5) is 0 Å². The fraction of sp³-hybridized carbons (Fsp3) is 0.750. The number of amides is 1. The molecular formula is C4H7IN2O. The lowest BCUT2D eigenvalue weighted by atomic mass is 10.0. The summed E-state index contributed by atoms with van der Waals surface area (Å²) >= 11 is 2.20. The average molecular weight is 226 g/mol. The van der Waals surface area contributed by atoms with Crippen molar-refractivity contribution in [2.75, 3.05) is 4.43 Å². The Morgan fingerprint density at radius 1 is 1.88 bits per heavy atom. The van der Waals surface area contributed by atoms with Crippen LogP contribution in [0.2, 0.25) is 0 Å². The minimum atomic E-state index is -0.244. The maximum absolute atomic E-state index is 10.4. The van der Waals surface area contributed by atoms with E-state index in [1.165, 1.54) is 0 Å². The van der Waals surface area contributed by atoms with E-state index in [2.05, 4.69) is 27.9 Å². The van der Waals surface area contributed by atoms with Gasteiger partial charge in [-0.25, -0.2) is 0 Å². The second-order valence-electron chi connectivity index (χ2n) is 1.80. The molecule has 0 aromatic heterocycles. The molecule has 0 aromatic carbocycles. The van der Waals surface area contributed by atoms with Crippen LogP contribution >= 0.6 is 22.6 Å². The van der Waals surface area contributed by atoms with Gasteiger partial charge in [-0.3, -0.25) is 4.79 Å². The maximum atomic E-state index is 10.4. The van der Waals surface area contributed by atoms with Gasteiger partial charge in [-0.15, -0.1) is 0 Å². The molecule has 1 aliphatic rings. The molecule has 0 bridgehead atoms. The topological polar surface area (TPSA) is 55.1 Å².